The van der Waals surface area contributed by atoms with Crippen LogP contribution >= 0.6 is 15.9 Å². The van der Waals surface area contributed by atoms with Crippen molar-refractivity contribution in [2.75, 3.05) is 20.2 Å². The average Bonchev–Trinajstić information content (AvgIpc) is 2.61. The quantitative estimate of drug-likeness (QED) is 0.618. The highest BCUT2D eigenvalue weighted by Gasteiger charge is 2.12. The highest BCUT2D eigenvalue weighted by atomic mass is 79.9. The Balaban J connectivity index is 1.80. The summed E-state index contributed by atoms with van der Waals surface area (Å²) < 4.78 is 6.50. The fraction of sp³-hybridized carbons (Fsp3) is 0.286. The van der Waals surface area contributed by atoms with Crippen LogP contribution < -0.4 is 10.1 Å². The van der Waals surface area contributed by atoms with Crippen LogP contribution in [-0.2, 0) is 11.3 Å². The molecule has 0 saturated heterocycles. The Bertz CT molecular complexity index is 714. The second-order valence-corrected chi connectivity index (χ2v) is 7.17. The number of hydrogen-bond donors (Lipinski definition) is 1. The summed E-state index contributed by atoms with van der Waals surface area (Å²) in [6, 6.07) is 15.8. The summed E-state index contributed by atoms with van der Waals surface area (Å²) in [5.74, 6) is 0.825. The minimum absolute atomic E-state index is 0.00820. The zero-order chi connectivity index (χ0) is 18.9. The molecule has 0 fully saturated rings. The second-order valence-electron chi connectivity index (χ2n) is 6.26. The largest absolute Gasteiger partial charge is 0.490 e. The SMILES string of the molecule is C=CCOc1ccc(CN(C)CC(=O)N[C@@H](C)c2ccc(Br)cc2)cc1. The molecule has 1 N–H and O–H groups in total. The Morgan fingerprint density at radius 3 is 2.50 bits per heavy atom. The highest BCUT2D eigenvalue weighted by Crippen LogP contribution is 2.17. The first kappa shape index (κ1) is 20.2. The molecule has 26 heavy (non-hydrogen) atoms. The summed E-state index contributed by atoms with van der Waals surface area (Å²) in [5.41, 5.74) is 2.21. The summed E-state index contributed by atoms with van der Waals surface area (Å²) in [6.07, 6.45) is 1.72. The fourth-order valence-corrected chi connectivity index (χ4v) is 2.85. The summed E-state index contributed by atoms with van der Waals surface area (Å²) >= 11 is 3.42. The van der Waals surface area contributed by atoms with E-state index in [2.05, 4.69) is 27.8 Å². The Kier molecular flexibility index (Phi) is 7.88. The summed E-state index contributed by atoms with van der Waals surface area (Å²) in [6.45, 7) is 7.16. The van der Waals surface area contributed by atoms with Crippen LogP contribution in [0.4, 0.5) is 0 Å². The molecule has 0 spiro atoms. The van der Waals surface area contributed by atoms with Crippen LogP contribution in [0.15, 0.2) is 65.7 Å². The van der Waals surface area contributed by atoms with Crippen molar-refractivity contribution in [3.63, 3.8) is 0 Å². The smallest absolute Gasteiger partial charge is 0.234 e. The molecule has 0 saturated carbocycles. The Hall–Kier alpha value is -2.11. The molecule has 0 bridgehead atoms. The number of nitrogens with one attached hydrogen (secondary N) is 1. The number of nitrogens with zero attached hydrogens (tertiary/aromatic N) is 1. The standard InChI is InChI=1S/C21H25BrN2O2/c1-4-13-26-20-11-5-17(6-12-20)14-24(3)15-21(25)23-16(2)18-7-9-19(22)10-8-18/h4-12,16H,1,13-15H2,2-3H3,(H,23,25)/t16-/m0/s1. The molecule has 5 heteroatoms. The molecular formula is C21H25BrN2O2. The number of carbonyl (C=O) groups excluding carboxylic acids is 1. The van der Waals surface area contributed by atoms with E-state index < -0.39 is 0 Å². The van der Waals surface area contributed by atoms with Gasteiger partial charge in [0.1, 0.15) is 12.4 Å². The maximum Gasteiger partial charge on any atom is 0.234 e. The van der Waals surface area contributed by atoms with Gasteiger partial charge in [0.25, 0.3) is 0 Å². The van der Waals surface area contributed by atoms with Gasteiger partial charge < -0.3 is 10.1 Å². The van der Waals surface area contributed by atoms with Crippen molar-refractivity contribution in [2.45, 2.75) is 19.5 Å². The van der Waals surface area contributed by atoms with Crippen molar-refractivity contribution in [3.05, 3.63) is 76.8 Å². The molecule has 0 aliphatic carbocycles. The normalized spacial score (nSPS) is 11.8. The van der Waals surface area contributed by atoms with Gasteiger partial charge in [-0.05, 0) is 49.4 Å². The Morgan fingerprint density at radius 2 is 1.88 bits per heavy atom. The predicted molar refractivity (Wildman–Crippen MR) is 109 cm³/mol. The molecule has 2 aromatic rings. The first-order chi connectivity index (χ1) is 12.5. The van der Waals surface area contributed by atoms with Gasteiger partial charge in [-0.3, -0.25) is 9.69 Å². The van der Waals surface area contributed by atoms with E-state index in [1.165, 1.54) is 0 Å². The number of benzene rings is 2. The maximum absolute atomic E-state index is 12.3. The van der Waals surface area contributed by atoms with Crippen LogP contribution in [0.3, 0.4) is 0 Å². The molecule has 0 unspecified atom stereocenters. The van der Waals surface area contributed by atoms with Crippen molar-refractivity contribution in [1.82, 2.24) is 10.2 Å². The van der Waals surface area contributed by atoms with E-state index in [9.17, 15) is 4.79 Å². The van der Waals surface area contributed by atoms with Gasteiger partial charge in [-0.15, -0.1) is 0 Å². The van der Waals surface area contributed by atoms with Gasteiger partial charge in [0.05, 0.1) is 12.6 Å². The number of amides is 1. The van der Waals surface area contributed by atoms with Crippen molar-refractivity contribution in [1.29, 1.82) is 0 Å². The molecule has 4 nitrogen and oxygen atoms in total. The summed E-state index contributed by atoms with van der Waals surface area (Å²) in [5, 5.41) is 3.04. The minimum atomic E-state index is -0.0229. The molecular weight excluding hydrogens is 392 g/mol. The van der Waals surface area contributed by atoms with Crippen LogP contribution in [0, 0.1) is 0 Å². The second kappa shape index (κ2) is 10.1. The highest BCUT2D eigenvalue weighted by molar-refractivity contribution is 9.10. The predicted octanol–water partition coefficient (Wildman–Crippen LogP) is 4.32. The van der Waals surface area contributed by atoms with Gasteiger partial charge in [-0.2, -0.15) is 0 Å². The lowest BCUT2D eigenvalue weighted by atomic mass is 10.1. The lowest BCUT2D eigenvalue weighted by molar-refractivity contribution is -0.122. The molecule has 2 aromatic carbocycles. The lowest BCUT2D eigenvalue weighted by Gasteiger charge is -2.19. The van der Waals surface area contributed by atoms with Gasteiger partial charge >= 0.3 is 0 Å². The molecule has 1 amide bonds. The molecule has 138 valence electrons. The van der Waals surface area contributed by atoms with E-state index in [0.717, 1.165) is 21.3 Å². The third-order valence-corrected chi connectivity index (χ3v) is 4.43. The lowest BCUT2D eigenvalue weighted by Crippen LogP contribution is -2.36. The summed E-state index contributed by atoms with van der Waals surface area (Å²) in [4.78, 5) is 14.3. The van der Waals surface area contributed by atoms with Gasteiger partial charge in [0, 0.05) is 11.0 Å². The third kappa shape index (κ3) is 6.65. The maximum atomic E-state index is 12.3. The van der Waals surface area contributed by atoms with E-state index in [1.807, 2.05) is 67.4 Å². The van der Waals surface area contributed by atoms with Crippen molar-refractivity contribution in [3.8, 4) is 5.75 Å². The van der Waals surface area contributed by atoms with Crippen LogP contribution in [0.2, 0.25) is 0 Å². The van der Waals surface area contributed by atoms with Gasteiger partial charge in [0.2, 0.25) is 5.91 Å². The monoisotopic (exact) mass is 416 g/mol. The average molecular weight is 417 g/mol. The van der Waals surface area contributed by atoms with Crippen molar-refractivity contribution >= 4 is 21.8 Å². The molecule has 1 atom stereocenters. The molecule has 0 aliphatic heterocycles. The fourth-order valence-electron chi connectivity index (χ4n) is 2.58. The van der Waals surface area contributed by atoms with Crippen LogP contribution in [0.1, 0.15) is 24.1 Å². The number of likely N-dealkylation sites (N-methyl/N-ethyl adjacent to an activating group) is 1. The van der Waals surface area contributed by atoms with Crippen LogP contribution in [0.5, 0.6) is 5.75 Å². The molecule has 0 aromatic heterocycles. The topological polar surface area (TPSA) is 41.6 Å². The van der Waals surface area contributed by atoms with Gasteiger partial charge in [-0.1, -0.05) is 52.9 Å². The van der Waals surface area contributed by atoms with E-state index in [1.54, 1.807) is 6.08 Å². The first-order valence-electron chi connectivity index (χ1n) is 8.54. The number of rotatable bonds is 9. The number of ether oxygens (including phenoxy) is 1. The van der Waals surface area contributed by atoms with E-state index in [-0.39, 0.29) is 11.9 Å². The summed E-state index contributed by atoms with van der Waals surface area (Å²) in [7, 11) is 1.94. The first-order valence-corrected chi connectivity index (χ1v) is 9.33. The number of hydrogen-bond acceptors (Lipinski definition) is 3. The Morgan fingerprint density at radius 1 is 1.23 bits per heavy atom. The van der Waals surface area contributed by atoms with Crippen LogP contribution in [0.25, 0.3) is 0 Å². The van der Waals surface area contributed by atoms with Crippen LogP contribution in [-0.4, -0.2) is 31.0 Å². The van der Waals surface area contributed by atoms with E-state index in [4.69, 9.17) is 4.74 Å². The molecule has 0 radical (unpaired) electrons. The third-order valence-electron chi connectivity index (χ3n) is 3.90. The number of carbonyl (C=O) groups is 1. The van der Waals surface area contributed by atoms with Gasteiger partial charge in [-0.25, -0.2) is 0 Å². The van der Waals surface area contributed by atoms with E-state index >= 15 is 0 Å². The minimum Gasteiger partial charge on any atom is -0.490 e. The Labute approximate surface area is 164 Å². The molecule has 0 aliphatic rings. The molecule has 2 rings (SSSR count). The van der Waals surface area contributed by atoms with Gasteiger partial charge in [0.15, 0.2) is 0 Å². The van der Waals surface area contributed by atoms with E-state index in [0.29, 0.717) is 19.7 Å². The van der Waals surface area contributed by atoms with Crippen molar-refractivity contribution < 1.29 is 9.53 Å². The zero-order valence-corrected chi connectivity index (χ0v) is 16.8. The molecule has 0 heterocycles. The zero-order valence-electron chi connectivity index (χ0n) is 15.2. The number of halogens is 1. The van der Waals surface area contributed by atoms with Crippen molar-refractivity contribution in [2.24, 2.45) is 0 Å².